The fourth-order valence-corrected chi connectivity index (χ4v) is 4.83. The van der Waals surface area contributed by atoms with Crippen molar-refractivity contribution in [3.8, 4) is 0 Å². The van der Waals surface area contributed by atoms with Crippen LogP contribution in [0.2, 0.25) is 0 Å². The van der Waals surface area contributed by atoms with Gasteiger partial charge in [0.1, 0.15) is 0 Å². The lowest BCUT2D eigenvalue weighted by molar-refractivity contribution is 0.588. The molecule has 2 atom stereocenters. The lowest BCUT2D eigenvalue weighted by atomic mass is 9.87. The van der Waals surface area contributed by atoms with Crippen molar-refractivity contribution in [2.24, 2.45) is 0 Å². The van der Waals surface area contributed by atoms with Crippen LogP contribution in [0.15, 0.2) is 0 Å². The van der Waals surface area contributed by atoms with E-state index in [1.54, 1.807) is 6.92 Å². The van der Waals surface area contributed by atoms with Crippen molar-refractivity contribution in [3.63, 3.8) is 0 Å². The number of rotatable bonds is 3. The third kappa shape index (κ3) is 3.05. The number of alkyl halides is 1. The largest absolute Gasteiger partial charge is 0.229 e. The average molecular weight is 347 g/mol. The van der Waals surface area contributed by atoms with Gasteiger partial charge >= 0.3 is 0 Å². The van der Waals surface area contributed by atoms with Crippen molar-refractivity contribution in [2.75, 3.05) is 6.26 Å². The molecule has 0 fully saturated rings. The van der Waals surface area contributed by atoms with Crippen molar-refractivity contribution < 1.29 is 8.42 Å². The Morgan fingerprint density at radius 1 is 0.842 bits per heavy atom. The van der Waals surface area contributed by atoms with Crippen molar-refractivity contribution >= 4 is 25.8 Å². The highest BCUT2D eigenvalue weighted by Gasteiger charge is 2.28. The van der Waals surface area contributed by atoms with Crippen LogP contribution >= 0.6 is 15.9 Å². The van der Waals surface area contributed by atoms with Crippen LogP contribution in [-0.2, 0) is 9.84 Å². The van der Waals surface area contributed by atoms with Gasteiger partial charge < -0.3 is 0 Å². The van der Waals surface area contributed by atoms with Gasteiger partial charge in [-0.25, -0.2) is 8.42 Å². The summed E-state index contributed by atoms with van der Waals surface area (Å²) in [5.74, 6) is 0. The summed E-state index contributed by atoms with van der Waals surface area (Å²) in [5.41, 5.74) is 7.31. The smallest absolute Gasteiger partial charge is 0.151 e. The van der Waals surface area contributed by atoms with Crippen molar-refractivity contribution in [1.29, 1.82) is 0 Å². The minimum Gasteiger partial charge on any atom is -0.229 e. The summed E-state index contributed by atoms with van der Waals surface area (Å²) in [4.78, 5) is -0.166. The quantitative estimate of drug-likeness (QED) is 0.772. The third-order valence-electron chi connectivity index (χ3n) is 4.42. The summed E-state index contributed by atoms with van der Waals surface area (Å²) >= 11 is 3.60. The molecule has 4 heteroatoms. The molecule has 0 spiro atoms. The van der Waals surface area contributed by atoms with Gasteiger partial charge in [-0.1, -0.05) is 15.9 Å². The van der Waals surface area contributed by atoms with E-state index in [9.17, 15) is 8.42 Å². The average Bonchev–Trinajstić information content (AvgIpc) is 2.31. The molecule has 0 aromatic heterocycles. The Morgan fingerprint density at radius 3 is 1.47 bits per heavy atom. The summed E-state index contributed by atoms with van der Waals surface area (Å²) in [7, 11) is -3.07. The molecule has 0 heterocycles. The van der Waals surface area contributed by atoms with E-state index in [1.807, 2.05) is 0 Å². The molecule has 0 saturated carbocycles. The maximum absolute atomic E-state index is 11.8. The van der Waals surface area contributed by atoms with Gasteiger partial charge in [-0.2, -0.15) is 0 Å². The minimum absolute atomic E-state index is 0.166. The maximum atomic E-state index is 11.8. The molecule has 1 rings (SSSR count). The molecule has 0 bridgehead atoms. The van der Waals surface area contributed by atoms with Gasteiger partial charge in [-0.15, -0.1) is 0 Å². The number of halogens is 1. The van der Waals surface area contributed by atoms with E-state index in [-0.39, 0.29) is 4.83 Å². The van der Waals surface area contributed by atoms with E-state index in [0.717, 1.165) is 5.56 Å². The van der Waals surface area contributed by atoms with Crippen LogP contribution in [0.4, 0.5) is 0 Å². The molecule has 2 nitrogen and oxygen atoms in total. The Balaban J connectivity index is 3.53. The molecule has 0 aliphatic rings. The number of hydrogen-bond donors (Lipinski definition) is 0. The minimum atomic E-state index is -3.07. The summed E-state index contributed by atoms with van der Waals surface area (Å²) in [6.07, 6.45) is 1.30. The second kappa shape index (κ2) is 5.57. The third-order valence-corrected chi connectivity index (χ3v) is 7.64. The maximum Gasteiger partial charge on any atom is 0.151 e. The standard InChI is InChI=1S/C15H23BrO2S/c1-8-9(2)11(4)14(12(5)10(8)3)15(16)13(6)19(7,17)18/h13,15H,1-7H3. The Hall–Kier alpha value is -0.350. The van der Waals surface area contributed by atoms with Gasteiger partial charge in [0.25, 0.3) is 0 Å². The predicted octanol–water partition coefficient (Wildman–Crippen LogP) is 4.10. The van der Waals surface area contributed by atoms with E-state index >= 15 is 0 Å². The van der Waals surface area contributed by atoms with E-state index in [4.69, 9.17) is 0 Å². The molecule has 1 aromatic rings. The van der Waals surface area contributed by atoms with Crippen molar-refractivity contribution in [2.45, 2.75) is 51.6 Å². The fraction of sp³-hybridized carbons (Fsp3) is 0.600. The first-order valence-electron chi connectivity index (χ1n) is 6.39. The van der Waals surface area contributed by atoms with Gasteiger partial charge in [0, 0.05) is 6.26 Å². The van der Waals surface area contributed by atoms with Crippen LogP contribution in [0.5, 0.6) is 0 Å². The molecule has 0 radical (unpaired) electrons. The SMILES string of the molecule is Cc1c(C)c(C)c(C(Br)C(C)S(C)(=O)=O)c(C)c1C. The first-order valence-corrected chi connectivity index (χ1v) is 9.27. The molecule has 0 saturated heterocycles. The second-order valence-electron chi connectivity index (χ2n) is 5.48. The van der Waals surface area contributed by atoms with Crippen LogP contribution in [0.25, 0.3) is 0 Å². The lowest BCUT2D eigenvalue weighted by Crippen LogP contribution is -2.22. The van der Waals surface area contributed by atoms with Gasteiger partial charge in [0.05, 0.1) is 10.1 Å². The summed E-state index contributed by atoms with van der Waals surface area (Å²) in [5, 5.41) is -0.439. The summed E-state index contributed by atoms with van der Waals surface area (Å²) in [6.45, 7) is 12.2. The zero-order valence-corrected chi connectivity index (χ0v) is 15.2. The Morgan fingerprint density at radius 2 is 1.16 bits per heavy atom. The molecule has 1 aromatic carbocycles. The molecule has 0 aliphatic carbocycles. The highest BCUT2D eigenvalue weighted by atomic mass is 79.9. The van der Waals surface area contributed by atoms with E-state index in [1.165, 1.54) is 34.1 Å². The normalized spacial score (nSPS) is 15.4. The van der Waals surface area contributed by atoms with Crippen LogP contribution in [-0.4, -0.2) is 19.9 Å². The van der Waals surface area contributed by atoms with Gasteiger partial charge in [0.2, 0.25) is 0 Å². The van der Waals surface area contributed by atoms with E-state index < -0.39 is 15.1 Å². The predicted molar refractivity (Wildman–Crippen MR) is 86.1 cm³/mol. The van der Waals surface area contributed by atoms with Crippen LogP contribution in [0, 0.1) is 34.6 Å². The van der Waals surface area contributed by atoms with Crippen LogP contribution in [0.3, 0.4) is 0 Å². The molecule has 108 valence electrons. The zero-order valence-electron chi connectivity index (χ0n) is 12.8. The van der Waals surface area contributed by atoms with Crippen LogP contribution in [0.1, 0.15) is 45.1 Å². The molecule has 0 N–H and O–H groups in total. The number of sulfone groups is 1. The molecule has 0 amide bonds. The second-order valence-corrected chi connectivity index (χ2v) is 8.86. The monoisotopic (exact) mass is 346 g/mol. The molecule has 0 aliphatic heterocycles. The van der Waals surface area contributed by atoms with E-state index in [0.29, 0.717) is 0 Å². The van der Waals surface area contributed by atoms with E-state index in [2.05, 4.69) is 50.5 Å². The first-order chi connectivity index (χ1) is 8.50. The highest BCUT2D eigenvalue weighted by molar-refractivity contribution is 9.09. The molecule has 2 unspecified atom stereocenters. The Bertz CT molecular complexity index is 574. The molecular weight excluding hydrogens is 324 g/mol. The van der Waals surface area contributed by atoms with Gasteiger partial charge in [-0.05, 0) is 74.9 Å². The Kier molecular flexibility index (Phi) is 4.89. The van der Waals surface area contributed by atoms with Gasteiger partial charge in [0.15, 0.2) is 9.84 Å². The topological polar surface area (TPSA) is 34.1 Å². The van der Waals surface area contributed by atoms with Gasteiger partial charge in [-0.3, -0.25) is 0 Å². The van der Waals surface area contributed by atoms with Crippen molar-refractivity contribution in [3.05, 3.63) is 33.4 Å². The highest BCUT2D eigenvalue weighted by Crippen LogP contribution is 2.38. The van der Waals surface area contributed by atoms with Crippen LogP contribution < -0.4 is 0 Å². The zero-order chi connectivity index (χ0) is 15.1. The van der Waals surface area contributed by atoms with Crippen molar-refractivity contribution in [1.82, 2.24) is 0 Å². The number of benzene rings is 1. The number of hydrogen-bond acceptors (Lipinski definition) is 2. The molecule has 19 heavy (non-hydrogen) atoms. The first kappa shape index (κ1) is 16.7. The fourth-order valence-electron chi connectivity index (χ4n) is 2.39. The summed E-state index contributed by atoms with van der Waals surface area (Å²) in [6, 6.07) is 0. The molecular formula is C15H23BrO2S. The summed E-state index contributed by atoms with van der Waals surface area (Å²) < 4.78 is 23.6. The lowest BCUT2D eigenvalue weighted by Gasteiger charge is -2.25. The Labute approximate surface area is 125 Å².